The van der Waals surface area contributed by atoms with Crippen LogP contribution in [0.25, 0.3) is 0 Å². The zero-order chi connectivity index (χ0) is 15.6. The molecule has 1 atom stereocenters. The van der Waals surface area contributed by atoms with E-state index in [0.29, 0.717) is 13.2 Å². The molecular formula is C11H21NO7S. The second-order valence-electron chi connectivity index (χ2n) is 4.16. The fourth-order valence-electron chi connectivity index (χ4n) is 1.38. The van der Waals surface area contributed by atoms with E-state index in [1.807, 2.05) is 0 Å². The van der Waals surface area contributed by atoms with E-state index >= 15 is 0 Å². The Kier molecular flexibility index (Phi) is 9.10. The van der Waals surface area contributed by atoms with Gasteiger partial charge in [0.25, 0.3) is 0 Å². The highest BCUT2D eigenvalue weighted by atomic mass is 32.2. The summed E-state index contributed by atoms with van der Waals surface area (Å²) in [6, 6.07) is -1.42. The molecule has 1 amide bonds. The molecule has 0 bridgehead atoms. The van der Waals surface area contributed by atoms with E-state index in [1.165, 1.54) is 7.11 Å². The summed E-state index contributed by atoms with van der Waals surface area (Å²) in [6.45, 7) is 2.18. The number of hydrogen-bond acceptors (Lipinski definition) is 6. The van der Waals surface area contributed by atoms with Gasteiger partial charge in [-0.25, -0.2) is 13.2 Å². The number of methoxy groups -OCH3 is 1. The third-order valence-electron chi connectivity index (χ3n) is 2.27. The van der Waals surface area contributed by atoms with Gasteiger partial charge in [0, 0.05) is 20.6 Å². The zero-order valence-electron chi connectivity index (χ0n) is 11.6. The Hall–Kier alpha value is -1.19. The molecular weight excluding hydrogens is 290 g/mol. The number of aliphatic carboxylic acids is 1. The molecule has 0 saturated heterocycles. The van der Waals surface area contributed by atoms with E-state index in [2.05, 4.69) is 5.32 Å². The maximum Gasteiger partial charge on any atom is 0.327 e. The van der Waals surface area contributed by atoms with Crippen LogP contribution >= 0.6 is 0 Å². The molecule has 0 rings (SSSR count). The molecule has 0 heterocycles. The highest BCUT2D eigenvalue weighted by Crippen LogP contribution is 1.99. The highest BCUT2D eigenvalue weighted by Gasteiger charge is 2.25. The first kappa shape index (κ1) is 18.8. The van der Waals surface area contributed by atoms with E-state index in [4.69, 9.17) is 14.6 Å². The van der Waals surface area contributed by atoms with Crippen LogP contribution in [-0.2, 0) is 28.9 Å². The number of carboxylic acid groups (broad SMARTS) is 1. The average molecular weight is 311 g/mol. The topological polar surface area (TPSA) is 119 Å². The van der Waals surface area contributed by atoms with Crippen LogP contribution in [0.5, 0.6) is 0 Å². The number of carbonyl (C=O) groups is 2. The molecule has 0 aliphatic rings. The summed E-state index contributed by atoms with van der Waals surface area (Å²) < 4.78 is 33.3. The Morgan fingerprint density at radius 1 is 1.25 bits per heavy atom. The second-order valence-corrected chi connectivity index (χ2v) is 6.39. The molecule has 0 radical (unpaired) electrons. The number of nitrogens with one attached hydrogen (secondary N) is 1. The van der Waals surface area contributed by atoms with Gasteiger partial charge in [-0.15, -0.1) is 0 Å². The van der Waals surface area contributed by atoms with Gasteiger partial charge in [-0.1, -0.05) is 0 Å². The van der Waals surface area contributed by atoms with E-state index < -0.39 is 33.5 Å². The predicted molar refractivity (Wildman–Crippen MR) is 71.2 cm³/mol. The number of ether oxygens (including phenoxy) is 2. The molecule has 0 aromatic rings. The molecule has 0 aromatic heterocycles. The zero-order valence-corrected chi connectivity index (χ0v) is 12.4. The van der Waals surface area contributed by atoms with Gasteiger partial charge in [0.1, 0.15) is 6.04 Å². The van der Waals surface area contributed by atoms with Crippen LogP contribution in [0.3, 0.4) is 0 Å². The maximum atomic E-state index is 11.7. The monoisotopic (exact) mass is 311 g/mol. The third-order valence-corrected chi connectivity index (χ3v) is 4.02. The SMILES string of the molecule is COCCOCCCS(=O)(=O)CC(NC(C)=O)C(=O)O. The first-order valence-electron chi connectivity index (χ1n) is 6.05. The molecule has 0 spiro atoms. The van der Waals surface area contributed by atoms with Crippen LogP contribution in [0.15, 0.2) is 0 Å². The summed E-state index contributed by atoms with van der Waals surface area (Å²) in [7, 11) is -2.04. The molecule has 118 valence electrons. The third kappa shape index (κ3) is 9.70. The lowest BCUT2D eigenvalue weighted by Crippen LogP contribution is -2.44. The normalized spacial score (nSPS) is 12.9. The molecule has 9 heteroatoms. The average Bonchev–Trinajstić information content (AvgIpc) is 2.31. The highest BCUT2D eigenvalue weighted by molar-refractivity contribution is 7.91. The van der Waals surface area contributed by atoms with Crippen LogP contribution in [0.1, 0.15) is 13.3 Å². The van der Waals surface area contributed by atoms with Crippen molar-refractivity contribution in [3.63, 3.8) is 0 Å². The summed E-state index contributed by atoms with van der Waals surface area (Å²) in [5.41, 5.74) is 0. The largest absolute Gasteiger partial charge is 0.480 e. The van der Waals surface area contributed by atoms with Gasteiger partial charge in [-0.2, -0.15) is 0 Å². The first-order valence-corrected chi connectivity index (χ1v) is 7.87. The minimum absolute atomic E-state index is 0.191. The van der Waals surface area contributed by atoms with Crippen molar-refractivity contribution >= 4 is 21.7 Å². The number of sulfone groups is 1. The van der Waals surface area contributed by atoms with Crippen molar-refractivity contribution in [2.45, 2.75) is 19.4 Å². The summed E-state index contributed by atoms with van der Waals surface area (Å²) in [4.78, 5) is 21.6. The van der Waals surface area contributed by atoms with Crippen LogP contribution in [0.2, 0.25) is 0 Å². The van der Waals surface area contributed by atoms with Gasteiger partial charge in [0.05, 0.1) is 24.7 Å². The number of carbonyl (C=O) groups excluding carboxylic acids is 1. The van der Waals surface area contributed by atoms with Gasteiger partial charge in [0.2, 0.25) is 5.91 Å². The Morgan fingerprint density at radius 2 is 1.90 bits per heavy atom. The molecule has 0 saturated carbocycles. The second kappa shape index (κ2) is 9.67. The molecule has 0 aliphatic carbocycles. The van der Waals surface area contributed by atoms with Crippen LogP contribution < -0.4 is 5.32 Å². The maximum absolute atomic E-state index is 11.7. The lowest BCUT2D eigenvalue weighted by molar-refractivity contribution is -0.140. The van der Waals surface area contributed by atoms with E-state index in [1.54, 1.807) is 0 Å². The van der Waals surface area contributed by atoms with E-state index in [-0.39, 0.29) is 18.8 Å². The van der Waals surface area contributed by atoms with Crippen molar-refractivity contribution in [2.75, 3.05) is 38.4 Å². The molecule has 20 heavy (non-hydrogen) atoms. The Bertz CT molecular complexity index is 407. The Labute approximate surface area is 118 Å². The van der Waals surface area contributed by atoms with Crippen LogP contribution in [-0.4, -0.2) is 69.9 Å². The van der Waals surface area contributed by atoms with Crippen molar-refractivity contribution in [2.24, 2.45) is 0 Å². The number of hydrogen-bond donors (Lipinski definition) is 2. The fraction of sp³-hybridized carbons (Fsp3) is 0.818. The van der Waals surface area contributed by atoms with Crippen molar-refractivity contribution in [3.8, 4) is 0 Å². The summed E-state index contributed by atoms with van der Waals surface area (Å²) in [5, 5.41) is 10.9. The standard InChI is InChI=1S/C11H21NO7S/c1-9(13)12-10(11(14)15)8-20(16,17)7-3-4-19-6-5-18-2/h10H,3-8H2,1-2H3,(H,12,13)(H,14,15). The molecule has 0 fully saturated rings. The predicted octanol–water partition coefficient (Wildman–Crippen LogP) is -0.956. The smallest absolute Gasteiger partial charge is 0.327 e. The van der Waals surface area contributed by atoms with Gasteiger partial charge >= 0.3 is 5.97 Å². The lowest BCUT2D eigenvalue weighted by atomic mass is 10.3. The van der Waals surface area contributed by atoms with E-state index in [9.17, 15) is 18.0 Å². The van der Waals surface area contributed by atoms with Gasteiger partial charge < -0.3 is 19.9 Å². The van der Waals surface area contributed by atoms with Crippen LogP contribution in [0.4, 0.5) is 0 Å². The summed E-state index contributed by atoms with van der Waals surface area (Å²) >= 11 is 0. The Morgan fingerprint density at radius 3 is 2.40 bits per heavy atom. The molecule has 8 nitrogen and oxygen atoms in total. The van der Waals surface area contributed by atoms with E-state index in [0.717, 1.165) is 6.92 Å². The minimum atomic E-state index is -3.57. The van der Waals surface area contributed by atoms with Crippen molar-refractivity contribution in [1.82, 2.24) is 5.32 Å². The molecule has 1 unspecified atom stereocenters. The molecule has 0 aliphatic heterocycles. The van der Waals surface area contributed by atoms with Gasteiger partial charge in [-0.05, 0) is 6.42 Å². The lowest BCUT2D eigenvalue weighted by Gasteiger charge is -2.13. The number of carboxylic acids is 1. The molecule has 0 aromatic carbocycles. The van der Waals surface area contributed by atoms with Crippen molar-refractivity contribution in [1.29, 1.82) is 0 Å². The number of amides is 1. The Balaban J connectivity index is 4.15. The fourth-order valence-corrected chi connectivity index (χ4v) is 2.84. The van der Waals surface area contributed by atoms with Crippen LogP contribution in [0, 0.1) is 0 Å². The quantitative estimate of drug-likeness (QED) is 0.472. The van der Waals surface area contributed by atoms with Gasteiger partial charge in [0.15, 0.2) is 9.84 Å². The van der Waals surface area contributed by atoms with Crippen molar-refractivity contribution in [3.05, 3.63) is 0 Å². The minimum Gasteiger partial charge on any atom is -0.480 e. The van der Waals surface area contributed by atoms with Crippen molar-refractivity contribution < 1.29 is 32.6 Å². The molecule has 2 N–H and O–H groups in total. The number of rotatable bonds is 11. The van der Waals surface area contributed by atoms with Gasteiger partial charge in [-0.3, -0.25) is 4.79 Å². The first-order chi connectivity index (χ1) is 9.28. The summed E-state index contributed by atoms with van der Waals surface area (Å²) in [5.74, 6) is -2.78. The summed E-state index contributed by atoms with van der Waals surface area (Å²) in [6.07, 6.45) is 0.262.